The molecule has 0 spiro atoms. The fourth-order valence-electron chi connectivity index (χ4n) is 3.94. The number of nitrogens with one attached hydrogen (secondary N) is 1. The molecule has 1 heterocycles. The summed E-state index contributed by atoms with van der Waals surface area (Å²) in [5.41, 5.74) is 3.63. The van der Waals surface area contributed by atoms with E-state index >= 15 is 0 Å². The van der Waals surface area contributed by atoms with E-state index in [2.05, 4.69) is 35.6 Å². The van der Waals surface area contributed by atoms with Gasteiger partial charge in [0.1, 0.15) is 6.61 Å². The number of hydrogen-bond acceptors (Lipinski definition) is 4. The fraction of sp³-hybridized carbons (Fsp3) is 0.609. The van der Waals surface area contributed by atoms with E-state index in [4.69, 9.17) is 21.2 Å². The Kier molecular flexibility index (Phi) is 8.84. The summed E-state index contributed by atoms with van der Waals surface area (Å²) >= 11 is 6.03. The second kappa shape index (κ2) is 11.6. The van der Waals surface area contributed by atoms with Crippen LogP contribution in [-0.4, -0.2) is 38.1 Å². The highest BCUT2D eigenvalue weighted by molar-refractivity contribution is 6.30. The molecular weight excluding hydrogens is 372 g/mol. The van der Waals surface area contributed by atoms with Gasteiger partial charge in [0.15, 0.2) is 0 Å². The summed E-state index contributed by atoms with van der Waals surface area (Å²) in [4.78, 5) is 5.79. The van der Waals surface area contributed by atoms with Gasteiger partial charge < -0.3 is 14.9 Å². The molecule has 1 aliphatic carbocycles. The lowest BCUT2D eigenvalue weighted by atomic mass is 9.80. The van der Waals surface area contributed by atoms with E-state index < -0.39 is 0 Å². The van der Waals surface area contributed by atoms with Crippen molar-refractivity contribution in [3.05, 3.63) is 40.4 Å². The minimum Gasteiger partial charge on any atom is -0.395 e. The van der Waals surface area contributed by atoms with Crippen molar-refractivity contribution >= 4 is 23.4 Å². The van der Waals surface area contributed by atoms with Crippen LogP contribution in [0.4, 0.5) is 0 Å². The maximum atomic E-state index is 6.03. The van der Waals surface area contributed by atoms with Crippen LogP contribution in [0.25, 0.3) is 6.08 Å². The van der Waals surface area contributed by atoms with Gasteiger partial charge in [-0.15, -0.1) is 0 Å². The van der Waals surface area contributed by atoms with E-state index in [-0.39, 0.29) is 6.10 Å². The van der Waals surface area contributed by atoms with E-state index in [0.717, 1.165) is 43.3 Å². The Morgan fingerprint density at radius 3 is 2.89 bits per heavy atom. The first-order valence-electron chi connectivity index (χ1n) is 10.7. The number of rotatable bonds is 8. The molecule has 28 heavy (non-hydrogen) atoms. The van der Waals surface area contributed by atoms with Gasteiger partial charge in [-0.05, 0) is 55.0 Å². The van der Waals surface area contributed by atoms with Gasteiger partial charge >= 0.3 is 0 Å². The van der Waals surface area contributed by atoms with E-state index in [1.54, 1.807) is 0 Å². The average molecular weight is 405 g/mol. The van der Waals surface area contributed by atoms with Crippen LogP contribution >= 0.6 is 11.6 Å². The number of nitrogens with zero attached hydrogens (tertiary/aromatic N) is 1. The third kappa shape index (κ3) is 6.61. The minimum absolute atomic E-state index is 0.236. The third-order valence-corrected chi connectivity index (χ3v) is 5.78. The Labute approximate surface area is 174 Å². The molecule has 1 aromatic rings. The molecule has 2 aliphatic rings. The van der Waals surface area contributed by atoms with Crippen LogP contribution in [0.15, 0.2) is 35.0 Å². The van der Waals surface area contributed by atoms with Crippen LogP contribution < -0.4 is 5.32 Å². The summed E-state index contributed by atoms with van der Waals surface area (Å²) in [6.45, 7) is 5.48. The van der Waals surface area contributed by atoms with Crippen LogP contribution in [-0.2, 0) is 9.57 Å². The summed E-state index contributed by atoms with van der Waals surface area (Å²) in [6, 6.07) is 8.02. The van der Waals surface area contributed by atoms with Crippen LogP contribution in [0.5, 0.6) is 0 Å². The van der Waals surface area contributed by atoms with Crippen molar-refractivity contribution in [3.63, 3.8) is 0 Å². The van der Waals surface area contributed by atoms with Crippen LogP contribution in [0, 0.1) is 5.92 Å². The Morgan fingerprint density at radius 1 is 1.29 bits per heavy atom. The molecule has 2 fully saturated rings. The number of morpholine rings is 1. The Morgan fingerprint density at radius 2 is 2.14 bits per heavy atom. The van der Waals surface area contributed by atoms with Crippen LogP contribution in [0.3, 0.4) is 0 Å². The predicted molar refractivity (Wildman–Crippen MR) is 117 cm³/mol. The molecule has 0 radical (unpaired) electrons. The summed E-state index contributed by atoms with van der Waals surface area (Å²) < 4.78 is 5.74. The molecule has 2 atom stereocenters. The quantitative estimate of drug-likeness (QED) is 0.461. The number of hydrogen-bond donors (Lipinski definition) is 1. The van der Waals surface area contributed by atoms with Gasteiger partial charge in [-0.25, -0.2) is 0 Å². The molecule has 1 saturated heterocycles. The highest BCUT2D eigenvalue weighted by atomic mass is 35.5. The zero-order chi connectivity index (χ0) is 19.6. The van der Waals surface area contributed by atoms with Gasteiger partial charge in [-0.1, -0.05) is 48.7 Å². The van der Waals surface area contributed by atoms with E-state index in [1.165, 1.54) is 43.2 Å². The summed E-state index contributed by atoms with van der Waals surface area (Å²) in [5.74, 6) is 0.500. The van der Waals surface area contributed by atoms with Gasteiger partial charge in [0.25, 0.3) is 0 Å². The maximum absolute atomic E-state index is 6.03. The maximum Gasteiger partial charge on any atom is 0.119 e. The molecule has 5 heteroatoms. The molecule has 3 rings (SSSR count). The number of allylic oxidation sites excluding steroid dienone is 1. The van der Waals surface area contributed by atoms with E-state index in [9.17, 15) is 0 Å². The molecule has 0 unspecified atom stereocenters. The zero-order valence-electron chi connectivity index (χ0n) is 17.0. The minimum atomic E-state index is 0.236. The second-order valence-corrected chi connectivity index (χ2v) is 8.18. The van der Waals surface area contributed by atoms with Gasteiger partial charge in [-0.3, -0.25) is 0 Å². The molecule has 154 valence electrons. The summed E-state index contributed by atoms with van der Waals surface area (Å²) in [5, 5.41) is 8.77. The first kappa shape index (κ1) is 21.4. The van der Waals surface area contributed by atoms with Gasteiger partial charge in [0.2, 0.25) is 0 Å². The Balaban J connectivity index is 1.67. The van der Waals surface area contributed by atoms with Crippen molar-refractivity contribution in [2.24, 2.45) is 11.1 Å². The van der Waals surface area contributed by atoms with Crippen LogP contribution in [0.1, 0.15) is 57.4 Å². The number of halogens is 1. The first-order chi connectivity index (χ1) is 13.8. The highest BCUT2D eigenvalue weighted by Crippen LogP contribution is 2.31. The largest absolute Gasteiger partial charge is 0.395 e. The fourth-order valence-corrected chi connectivity index (χ4v) is 4.07. The Bertz CT molecular complexity index is 651. The zero-order valence-corrected chi connectivity index (χ0v) is 17.7. The number of oxime groups is 1. The molecule has 1 aromatic carbocycles. The second-order valence-electron chi connectivity index (χ2n) is 7.75. The molecule has 1 aliphatic heterocycles. The molecule has 0 bridgehead atoms. The monoisotopic (exact) mass is 404 g/mol. The first-order valence-corrected chi connectivity index (χ1v) is 11.1. The van der Waals surface area contributed by atoms with Gasteiger partial charge in [0.05, 0.1) is 18.4 Å². The number of unbranched alkanes of at least 4 members (excludes halogenated alkanes) is 1. The van der Waals surface area contributed by atoms with Gasteiger partial charge in [-0.2, -0.15) is 0 Å². The normalized spacial score (nSPS) is 25.9. The summed E-state index contributed by atoms with van der Waals surface area (Å²) in [6.07, 6.45) is 10.5. The lowest BCUT2D eigenvalue weighted by molar-refractivity contribution is 0.00340. The highest BCUT2D eigenvalue weighted by Gasteiger charge is 2.25. The standard InChI is InChI=1S/C23H33ClN2O2/c1-2-3-5-19-6-4-7-20(16-18-8-10-21(24)11-9-18)23(19)26-28-14-12-22-17-25-13-15-27-22/h8-11,16,19,22,25H,2-7,12-15,17H2,1H3/b20-16+,26-23+/t19-,22+/m0/s1. The van der Waals surface area contributed by atoms with E-state index in [0.29, 0.717) is 12.5 Å². The van der Waals surface area contributed by atoms with E-state index in [1.807, 2.05) is 12.1 Å². The van der Waals surface area contributed by atoms with Crippen molar-refractivity contribution in [2.75, 3.05) is 26.3 Å². The SMILES string of the molecule is CCCC[C@H]1CCCC(=C\c2ccc(Cl)cc2)/C1=N/OCC[C@@H]1CNCCO1. The van der Waals surface area contributed by atoms with Gasteiger partial charge in [0, 0.05) is 30.5 Å². The lowest BCUT2D eigenvalue weighted by Gasteiger charge is -2.26. The number of ether oxygens (including phenoxy) is 1. The van der Waals surface area contributed by atoms with Crippen molar-refractivity contribution in [2.45, 2.75) is 58.0 Å². The smallest absolute Gasteiger partial charge is 0.119 e. The topological polar surface area (TPSA) is 42.8 Å². The van der Waals surface area contributed by atoms with Crippen molar-refractivity contribution < 1.29 is 9.57 Å². The molecule has 0 amide bonds. The van der Waals surface area contributed by atoms with Crippen molar-refractivity contribution in [1.29, 1.82) is 0 Å². The van der Waals surface area contributed by atoms with Crippen molar-refractivity contribution in [3.8, 4) is 0 Å². The average Bonchev–Trinajstić information content (AvgIpc) is 2.73. The Hall–Kier alpha value is -1.36. The lowest BCUT2D eigenvalue weighted by Crippen LogP contribution is -2.38. The molecule has 1 N–H and O–H groups in total. The third-order valence-electron chi connectivity index (χ3n) is 5.53. The van der Waals surface area contributed by atoms with Crippen molar-refractivity contribution in [1.82, 2.24) is 5.32 Å². The molecule has 1 saturated carbocycles. The number of benzene rings is 1. The van der Waals surface area contributed by atoms with Crippen LogP contribution in [0.2, 0.25) is 5.02 Å². The summed E-state index contributed by atoms with van der Waals surface area (Å²) in [7, 11) is 0. The predicted octanol–water partition coefficient (Wildman–Crippen LogP) is 5.46. The molecule has 0 aromatic heterocycles. The molecular formula is C23H33ClN2O2. The molecule has 4 nitrogen and oxygen atoms in total.